The van der Waals surface area contributed by atoms with Gasteiger partial charge in [-0.3, -0.25) is 19.3 Å². The van der Waals surface area contributed by atoms with Gasteiger partial charge in [-0.15, -0.1) is 0 Å². The van der Waals surface area contributed by atoms with E-state index >= 15 is 0 Å². The molecule has 0 spiro atoms. The molecular weight excluding hydrogens is 556 g/mol. The number of ether oxygens (including phenoxy) is 3. The minimum Gasteiger partial charge on any atom is -0.494 e. The zero-order chi connectivity index (χ0) is 26.2. The van der Waals surface area contributed by atoms with E-state index < -0.39 is 36.2 Å². The molecule has 1 aliphatic rings. The molecule has 2 aromatic carbocycles. The van der Waals surface area contributed by atoms with Crippen molar-refractivity contribution >= 4 is 62.5 Å². The van der Waals surface area contributed by atoms with Gasteiger partial charge in [0.2, 0.25) is 5.91 Å². The lowest BCUT2D eigenvalue weighted by Gasteiger charge is -2.14. The summed E-state index contributed by atoms with van der Waals surface area (Å²) in [7, 11) is 0. The first-order valence-corrected chi connectivity index (χ1v) is 12.4. The largest absolute Gasteiger partial charge is 0.494 e. The molecule has 1 aliphatic heterocycles. The predicted octanol–water partition coefficient (Wildman–Crippen LogP) is 4.38. The van der Waals surface area contributed by atoms with Crippen LogP contribution in [0.25, 0.3) is 6.08 Å². The highest BCUT2D eigenvalue weighted by atomic mass is 79.9. The summed E-state index contributed by atoms with van der Waals surface area (Å²) >= 11 is 4.04. The van der Waals surface area contributed by atoms with Crippen LogP contribution in [0.1, 0.15) is 19.4 Å². The van der Waals surface area contributed by atoms with Gasteiger partial charge in [0.05, 0.1) is 22.6 Å². The number of imide groups is 1. The number of nitrogens with zero attached hydrogens (tertiary/aromatic N) is 1. The molecular formula is C24H23BrN2O8S. The van der Waals surface area contributed by atoms with Crippen molar-refractivity contribution in [3.05, 3.63) is 51.3 Å². The third-order valence-electron chi connectivity index (χ3n) is 4.59. The van der Waals surface area contributed by atoms with E-state index in [1.54, 1.807) is 43.3 Å². The van der Waals surface area contributed by atoms with E-state index in [-0.39, 0.29) is 16.4 Å². The summed E-state index contributed by atoms with van der Waals surface area (Å²) in [6.45, 7) is 3.43. The van der Waals surface area contributed by atoms with Gasteiger partial charge in [0.15, 0.2) is 18.1 Å². The van der Waals surface area contributed by atoms with Crippen molar-refractivity contribution in [2.45, 2.75) is 13.8 Å². The Bertz CT molecular complexity index is 1200. The summed E-state index contributed by atoms with van der Waals surface area (Å²) in [5, 5.41) is 11.0. The van der Waals surface area contributed by atoms with Crippen molar-refractivity contribution in [3.8, 4) is 17.2 Å². The molecule has 0 radical (unpaired) electrons. The molecule has 3 amide bonds. The molecule has 2 N–H and O–H groups in total. The molecule has 36 heavy (non-hydrogen) atoms. The van der Waals surface area contributed by atoms with Crippen LogP contribution in [0.3, 0.4) is 0 Å². The van der Waals surface area contributed by atoms with E-state index in [0.29, 0.717) is 46.4 Å². The summed E-state index contributed by atoms with van der Waals surface area (Å²) in [4.78, 5) is 49.6. The number of hydrogen-bond acceptors (Lipinski definition) is 8. The number of amides is 3. The fraction of sp³-hybridized carbons (Fsp3) is 0.250. The second kappa shape index (κ2) is 12.5. The Morgan fingerprint density at radius 2 is 1.78 bits per heavy atom. The first kappa shape index (κ1) is 27.1. The SMILES string of the molecule is CCOc1ccc(NC(=O)CN2C(=O)S/C(=C/c3cc(Br)c(OCC(=O)O)c(OCC)c3)C2=O)cc1. The third kappa shape index (κ3) is 7.01. The maximum absolute atomic E-state index is 12.9. The maximum Gasteiger partial charge on any atom is 0.341 e. The van der Waals surface area contributed by atoms with Crippen LogP contribution in [0.15, 0.2) is 45.8 Å². The van der Waals surface area contributed by atoms with E-state index in [9.17, 15) is 19.2 Å². The van der Waals surface area contributed by atoms with Crippen LogP contribution in [0.2, 0.25) is 0 Å². The van der Waals surface area contributed by atoms with Gasteiger partial charge in [-0.2, -0.15) is 0 Å². The van der Waals surface area contributed by atoms with Crippen molar-refractivity contribution in [3.63, 3.8) is 0 Å². The minimum absolute atomic E-state index is 0.127. The molecule has 1 heterocycles. The minimum atomic E-state index is -1.14. The van der Waals surface area contributed by atoms with Gasteiger partial charge < -0.3 is 24.6 Å². The Hall–Kier alpha value is -3.51. The number of nitrogens with one attached hydrogen (secondary N) is 1. The Morgan fingerprint density at radius 3 is 2.42 bits per heavy atom. The fourth-order valence-electron chi connectivity index (χ4n) is 3.14. The summed E-state index contributed by atoms with van der Waals surface area (Å²) < 4.78 is 16.6. The zero-order valence-electron chi connectivity index (χ0n) is 19.4. The molecule has 0 saturated carbocycles. The Labute approximate surface area is 219 Å². The van der Waals surface area contributed by atoms with Crippen LogP contribution in [0.4, 0.5) is 10.5 Å². The number of carbonyl (C=O) groups excluding carboxylic acids is 3. The summed E-state index contributed by atoms with van der Waals surface area (Å²) in [5.74, 6) is -1.14. The molecule has 2 aromatic rings. The van der Waals surface area contributed by atoms with Crippen LogP contribution < -0.4 is 19.5 Å². The number of anilines is 1. The molecule has 3 rings (SSSR count). The molecule has 0 aliphatic carbocycles. The molecule has 0 unspecified atom stereocenters. The van der Waals surface area contributed by atoms with Crippen LogP contribution in [-0.4, -0.2) is 59.4 Å². The number of carbonyl (C=O) groups is 4. The van der Waals surface area contributed by atoms with E-state index in [1.165, 1.54) is 6.08 Å². The predicted molar refractivity (Wildman–Crippen MR) is 137 cm³/mol. The lowest BCUT2D eigenvalue weighted by atomic mass is 10.2. The number of halogens is 1. The average Bonchev–Trinajstić information content (AvgIpc) is 3.07. The number of rotatable bonds is 11. The van der Waals surface area contributed by atoms with E-state index in [4.69, 9.17) is 19.3 Å². The van der Waals surface area contributed by atoms with E-state index in [2.05, 4.69) is 21.2 Å². The molecule has 12 heteroatoms. The van der Waals surface area contributed by atoms with Crippen LogP contribution >= 0.6 is 27.7 Å². The Morgan fingerprint density at radius 1 is 1.08 bits per heavy atom. The van der Waals surface area contributed by atoms with Crippen molar-refractivity contribution < 1.29 is 38.5 Å². The lowest BCUT2D eigenvalue weighted by Crippen LogP contribution is -2.36. The van der Waals surface area contributed by atoms with Crippen LogP contribution in [0, 0.1) is 0 Å². The van der Waals surface area contributed by atoms with Gasteiger partial charge in [0, 0.05) is 5.69 Å². The highest BCUT2D eigenvalue weighted by molar-refractivity contribution is 9.10. The monoisotopic (exact) mass is 578 g/mol. The fourth-order valence-corrected chi connectivity index (χ4v) is 4.55. The molecule has 1 fully saturated rings. The maximum atomic E-state index is 12.9. The molecule has 10 nitrogen and oxygen atoms in total. The Kier molecular flexibility index (Phi) is 9.37. The third-order valence-corrected chi connectivity index (χ3v) is 6.09. The number of hydrogen-bond donors (Lipinski definition) is 2. The number of benzene rings is 2. The summed E-state index contributed by atoms with van der Waals surface area (Å²) in [6, 6.07) is 9.90. The molecule has 0 bridgehead atoms. The summed E-state index contributed by atoms with van der Waals surface area (Å²) in [5.41, 5.74) is 1.02. The van der Waals surface area contributed by atoms with Gasteiger partial charge >= 0.3 is 5.97 Å². The van der Waals surface area contributed by atoms with Gasteiger partial charge in [-0.25, -0.2) is 4.79 Å². The van der Waals surface area contributed by atoms with Crippen molar-refractivity contribution in [1.29, 1.82) is 0 Å². The highest BCUT2D eigenvalue weighted by Gasteiger charge is 2.36. The standard InChI is InChI=1S/C24H23BrN2O8S/c1-3-33-16-7-5-15(6-8-16)26-20(28)12-27-23(31)19(36-24(27)32)11-14-9-17(25)22(35-13-21(29)30)18(10-14)34-4-2/h5-11H,3-4,12-13H2,1-2H3,(H,26,28)(H,29,30)/b19-11+. The van der Waals surface area contributed by atoms with Gasteiger partial charge in [0.1, 0.15) is 12.3 Å². The lowest BCUT2D eigenvalue weighted by molar-refractivity contribution is -0.139. The second-order valence-corrected chi connectivity index (χ2v) is 9.07. The number of carboxylic acids is 1. The highest BCUT2D eigenvalue weighted by Crippen LogP contribution is 2.39. The first-order valence-electron chi connectivity index (χ1n) is 10.8. The van der Waals surface area contributed by atoms with E-state index in [1.807, 2.05) is 6.92 Å². The average molecular weight is 579 g/mol. The normalized spacial score (nSPS) is 14.2. The second-order valence-electron chi connectivity index (χ2n) is 7.22. The molecule has 0 atom stereocenters. The summed E-state index contributed by atoms with van der Waals surface area (Å²) in [6.07, 6.45) is 1.49. The Balaban J connectivity index is 1.72. The number of thioether (sulfide) groups is 1. The molecule has 0 aromatic heterocycles. The van der Waals surface area contributed by atoms with Crippen LogP contribution in [-0.2, 0) is 14.4 Å². The number of aliphatic carboxylic acids is 1. The van der Waals surface area contributed by atoms with Crippen molar-refractivity contribution in [2.75, 3.05) is 31.7 Å². The molecule has 1 saturated heterocycles. The zero-order valence-corrected chi connectivity index (χ0v) is 21.8. The quantitative estimate of drug-likeness (QED) is 0.372. The van der Waals surface area contributed by atoms with Crippen molar-refractivity contribution in [1.82, 2.24) is 4.90 Å². The number of carboxylic acid groups (broad SMARTS) is 1. The van der Waals surface area contributed by atoms with Crippen LogP contribution in [0.5, 0.6) is 17.2 Å². The molecule has 190 valence electrons. The van der Waals surface area contributed by atoms with Crippen molar-refractivity contribution in [2.24, 2.45) is 0 Å². The smallest absolute Gasteiger partial charge is 0.341 e. The first-order chi connectivity index (χ1) is 17.2. The van der Waals surface area contributed by atoms with Gasteiger partial charge in [-0.1, -0.05) is 0 Å². The van der Waals surface area contributed by atoms with Gasteiger partial charge in [0.25, 0.3) is 11.1 Å². The van der Waals surface area contributed by atoms with E-state index in [0.717, 1.165) is 4.90 Å². The topological polar surface area (TPSA) is 131 Å². The van der Waals surface area contributed by atoms with Gasteiger partial charge in [-0.05, 0) is 89.6 Å².